The molecule has 5 heteroatoms. The van der Waals surface area contributed by atoms with E-state index in [1.165, 1.54) is 0 Å². The largest absolute Gasteiger partial charge is 0.306 e. The maximum absolute atomic E-state index is 9.29. The average molecular weight is 300 g/mol. The maximum Gasteiger partial charge on any atom is 0.107 e. The zero-order chi connectivity index (χ0) is 15.5. The number of hydrogen-bond donors (Lipinski definition) is 1. The molecule has 0 bridgehead atoms. The molecule has 4 nitrogen and oxygen atoms in total. The number of nitriles is 1. The molecule has 0 radical (unpaired) electrons. The summed E-state index contributed by atoms with van der Waals surface area (Å²) in [6.45, 7) is 9.62. The van der Waals surface area contributed by atoms with E-state index in [4.69, 9.17) is 0 Å². The molecule has 0 fully saturated rings. The summed E-state index contributed by atoms with van der Waals surface area (Å²) in [5, 5.41) is 15.8. The minimum absolute atomic E-state index is 0.116. The smallest absolute Gasteiger partial charge is 0.107 e. The van der Waals surface area contributed by atoms with Gasteiger partial charge in [0, 0.05) is 35.8 Å². The molecule has 2 aromatic rings. The zero-order valence-corrected chi connectivity index (χ0v) is 13.7. The fourth-order valence-electron chi connectivity index (χ4n) is 2.09. The Morgan fingerprint density at radius 3 is 2.67 bits per heavy atom. The first kappa shape index (κ1) is 15.6. The van der Waals surface area contributed by atoms with Gasteiger partial charge < -0.3 is 5.32 Å². The van der Waals surface area contributed by atoms with Gasteiger partial charge >= 0.3 is 0 Å². The molecule has 2 heterocycles. The Morgan fingerprint density at radius 2 is 2.10 bits per heavy atom. The van der Waals surface area contributed by atoms with Gasteiger partial charge in [-0.3, -0.25) is 4.98 Å². The van der Waals surface area contributed by atoms with Crippen LogP contribution in [0.3, 0.4) is 0 Å². The maximum atomic E-state index is 9.29. The Morgan fingerprint density at radius 1 is 1.33 bits per heavy atom. The minimum atomic E-state index is -0.116. The summed E-state index contributed by atoms with van der Waals surface area (Å²) in [7, 11) is 0. The standard InChI is InChI=1S/C16H20N4S/c1-11-10-21-14(20-11)9-18-7-12-5-13(6-17)15(19-8-12)16(2,3)4/h5,8,10,18H,7,9H2,1-4H3. The van der Waals surface area contributed by atoms with E-state index in [9.17, 15) is 5.26 Å². The molecular formula is C16H20N4S. The molecule has 0 atom stereocenters. The van der Waals surface area contributed by atoms with Crippen molar-refractivity contribution < 1.29 is 0 Å². The van der Waals surface area contributed by atoms with E-state index in [-0.39, 0.29) is 5.41 Å². The molecule has 0 unspecified atom stereocenters. The molecule has 2 aromatic heterocycles. The van der Waals surface area contributed by atoms with Gasteiger partial charge in [0.1, 0.15) is 11.1 Å². The first-order valence-electron chi connectivity index (χ1n) is 6.91. The molecule has 0 aliphatic rings. The molecule has 0 aliphatic carbocycles. The first-order valence-corrected chi connectivity index (χ1v) is 7.79. The average Bonchev–Trinajstić information content (AvgIpc) is 2.83. The third-order valence-electron chi connectivity index (χ3n) is 3.05. The fraction of sp³-hybridized carbons (Fsp3) is 0.438. The van der Waals surface area contributed by atoms with Crippen molar-refractivity contribution in [2.75, 3.05) is 0 Å². The van der Waals surface area contributed by atoms with Crippen LogP contribution in [0.5, 0.6) is 0 Å². The lowest BCUT2D eigenvalue weighted by Gasteiger charge is -2.19. The van der Waals surface area contributed by atoms with Gasteiger partial charge in [-0.05, 0) is 18.6 Å². The van der Waals surface area contributed by atoms with Crippen LogP contribution in [0.2, 0.25) is 0 Å². The Labute approximate surface area is 129 Å². The number of hydrogen-bond acceptors (Lipinski definition) is 5. The SMILES string of the molecule is Cc1csc(CNCc2cnc(C(C)(C)C)c(C#N)c2)n1. The zero-order valence-electron chi connectivity index (χ0n) is 12.9. The second-order valence-electron chi connectivity index (χ2n) is 6.09. The summed E-state index contributed by atoms with van der Waals surface area (Å²) < 4.78 is 0. The Kier molecular flexibility index (Phi) is 4.71. The molecule has 0 saturated heterocycles. The van der Waals surface area contributed by atoms with Gasteiger partial charge in [-0.1, -0.05) is 20.8 Å². The van der Waals surface area contributed by atoms with Crippen molar-refractivity contribution >= 4 is 11.3 Å². The van der Waals surface area contributed by atoms with Crippen molar-refractivity contribution in [1.29, 1.82) is 5.26 Å². The van der Waals surface area contributed by atoms with Crippen LogP contribution in [-0.2, 0) is 18.5 Å². The summed E-state index contributed by atoms with van der Waals surface area (Å²) >= 11 is 1.66. The number of nitrogens with one attached hydrogen (secondary N) is 1. The van der Waals surface area contributed by atoms with Gasteiger partial charge in [-0.2, -0.15) is 5.26 Å². The Hall–Kier alpha value is -1.77. The molecule has 1 N–H and O–H groups in total. The molecule has 0 aliphatic heterocycles. The van der Waals surface area contributed by atoms with Crippen LogP contribution in [-0.4, -0.2) is 9.97 Å². The van der Waals surface area contributed by atoms with Crippen molar-refractivity contribution in [3.05, 3.63) is 45.2 Å². The lowest BCUT2D eigenvalue weighted by molar-refractivity contribution is 0.565. The van der Waals surface area contributed by atoms with Crippen LogP contribution in [0.4, 0.5) is 0 Å². The highest BCUT2D eigenvalue weighted by Gasteiger charge is 2.19. The summed E-state index contributed by atoms with van der Waals surface area (Å²) in [5.41, 5.74) is 3.47. The van der Waals surface area contributed by atoms with Crippen LogP contribution in [0.25, 0.3) is 0 Å². The van der Waals surface area contributed by atoms with Crippen molar-refractivity contribution in [3.8, 4) is 6.07 Å². The van der Waals surface area contributed by atoms with Gasteiger partial charge in [-0.15, -0.1) is 11.3 Å². The van der Waals surface area contributed by atoms with Crippen LogP contribution in [0.1, 0.15) is 48.3 Å². The summed E-state index contributed by atoms with van der Waals surface area (Å²) in [4.78, 5) is 8.89. The number of thiazole rings is 1. The topological polar surface area (TPSA) is 61.6 Å². The number of aryl methyl sites for hydroxylation is 1. The van der Waals surface area contributed by atoms with E-state index in [0.29, 0.717) is 12.1 Å². The molecule has 0 spiro atoms. The van der Waals surface area contributed by atoms with Gasteiger partial charge in [0.05, 0.1) is 11.3 Å². The van der Waals surface area contributed by atoms with Crippen molar-refractivity contribution in [1.82, 2.24) is 15.3 Å². The number of nitrogens with zero attached hydrogens (tertiary/aromatic N) is 3. The predicted molar refractivity (Wildman–Crippen MR) is 85.0 cm³/mol. The van der Waals surface area contributed by atoms with E-state index < -0.39 is 0 Å². The Balaban J connectivity index is 2.03. The molecular weight excluding hydrogens is 280 g/mol. The van der Waals surface area contributed by atoms with E-state index in [1.54, 1.807) is 11.3 Å². The highest BCUT2D eigenvalue weighted by atomic mass is 32.1. The van der Waals surface area contributed by atoms with Crippen molar-refractivity contribution in [2.24, 2.45) is 0 Å². The van der Waals surface area contributed by atoms with Gasteiger partial charge in [0.25, 0.3) is 0 Å². The predicted octanol–water partition coefficient (Wildman–Crippen LogP) is 3.31. The van der Waals surface area contributed by atoms with Gasteiger partial charge in [0.15, 0.2) is 0 Å². The van der Waals surface area contributed by atoms with Crippen LogP contribution >= 0.6 is 11.3 Å². The van der Waals surface area contributed by atoms with Crippen LogP contribution in [0, 0.1) is 18.3 Å². The van der Waals surface area contributed by atoms with Crippen molar-refractivity contribution in [2.45, 2.75) is 46.2 Å². The highest BCUT2D eigenvalue weighted by Crippen LogP contribution is 2.23. The third-order valence-corrected chi connectivity index (χ3v) is 4.01. The molecule has 0 amide bonds. The van der Waals surface area contributed by atoms with Crippen LogP contribution in [0.15, 0.2) is 17.6 Å². The lowest BCUT2D eigenvalue weighted by atomic mass is 9.88. The van der Waals surface area contributed by atoms with E-state index in [1.807, 2.05) is 24.6 Å². The fourth-order valence-corrected chi connectivity index (χ4v) is 2.83. The van der Waals surface area contributed by atoms with Gasteiger partial charge in [0.2, 0.25) is 0 Å². The molecule has 0 saturated carbocycles. The quantitative estimate of drug-likeness (QED) is 0.941. The monoisotopic (exact) mass is 300 g/mol. The third kappa shape index (κ3) is 4.10. The van der Waals surface area contributed by atoms with E-state index >= 15 is 0 Å². The van der Waals surface area contributed by atoms with Crippen molar-refractivity contribution in [3.63, 3.8) is 0 Å². The summed E-state index contributed by atoms with van der Waals surface area (Å²) in [6.07, 6.45) is 1.85. The lowest BCUT2D eigenvalue weighted by Crippen LogP contribution is -2.17. The summed E-state index contributed by atoms with van der Waals surface area (Å²) in [5.74, 6) is 0. The number of rotatable bonds is 4. The molecule has 110 valence electrons. The molecule has 2 rings (SSSR count). The molecule has 0 aromatic carbocycles. The summed E-state index contributed by atoms with van der Waals surface area (Å²) in [6, 6.07) is 4.18. The normalized spacial score (nSPS) is 11.4. The van der Waals surface area contributed by atoms with E-state index in [0.717, 1.165) is 28.5 Å². The van der Waals surface area contributed by atoms with Crippen LogP contribution < -0.4 is 5.32 Å². The van der Waals surface area contributed by atoms with E-state index in [2.05, 4.69) is 42.1 Å². The second kappa shape index (κ2) is 6.33. The second-order valence-corrected chi connectivity index (χ2v) is 7.03. The van der Waals surface area contributed by atoms with Gasteiger partial charge in [-0.25, -0.2) is 4.98 Å². The highest BCUT2D eigenvalue weighted by molar-refractivity contribution is 7.09. The molecule has 21 heavy (non-hydrogen) atoms. The number of aromatic nitrogens is 2. The minimum Gasteiger partial charge on any atom is -0.306 e. The first-order chi connectivity index (χ1) is 9.90. The Bertz CT molecular complexity index is 662. The number of pyridine rings is 1.